The summed E-state index contributed by atoms with van der Waals surface area (Å²) in [6, 6.07) is 2.79. The van der Waals surface area contributed by atoms with Gasteiger partial charge in [-0.2, -0.15) is 5.10 Å². The van der Waals surface area contributed by atoms with Crippen molar-refractivity contribution in [3.63, 3.8) is 0 Å². The lowest BCUT2D eigenvalue weighted by Gasteiger charge is -2.11. The van der Waals surface area contributed by atoms with Crippen LogP contribution >= 0.6 is 0 Å². The fraction of sp³-hybridized carbons (Fsp3) is 0.750. The van der Waals surface area contributed by atoms with Crippen molar-refractivity contribution in [3.05, 3.63) is 17.5 Å². The van der Waals surface area contributed by atoms with Crippen LogP contribution in [0.3, 0.4) is 0 Å². The number of aryl methyl sites for hydroxylation is 2. The minimum atomic E-state index is 0.579. The summed E-state index contributed by atoms with van der Waals surface area (Å²) in [6.45, 7) is 10.6. The van der Waals surface area contributed by atoms with E-state index in [2.05, 4.69) is 48.9 Å². The molecule has 1 atom stereocenters. The molecular formula is C12H23N3. The van der Waals surface area contributed by atoms with Gasteiger partial charge < -0.3 is 5.32 Å². The van der Waals surface area contributed by atoms with Crippen LogP contribution in [-0.4, -0.2) is 15.8 Å². The Kier molecular flexibility index (Phi) is 4.82. The first-order valence-corrected chi connectivity index (χ1v) is 6.00. The summed E-state index contributed by atoms with van der Waals surface area (Å²) in [4.78, 5) is 0. The van der Waals surface area contributed by atoms with Crippen molar-refractivity contribution in [2.75, 3.05) is 0 Å². The van der Waals surface area contributed by atoms with Crippen LogP contribution in [0, 0.1) is 0 Å². The van der Waals surface area contributed by atoms with Crippen LogP contribution < -0.4 is 5.32 Å². The minimum absolute atomic E-state index is 0.579. The zero-order valence-corrected chi connectivity index (χ0v) is 10.4. The zero-order valence-electron chi connectivity index (χ0n) is 10.4. The molecule has 0 aliphatic rings. The van der Waals surface area contributed by atoms with Crippen molar-refractivity contribution in [2.24, 2.45) is 0 Å². The Hall–Kier alpha value is -0.830. The predicted molar refractivity (Wildman–Crippen MR) is 63.9 cm³/mol. The molecule has 86 valence electrons. The molecular weight excluding hydrogens is 186 g/mol. The predicted octanol–water partition coefficient (Wildman–Crippen LogP) is 2.35. The largest absolute Gasteiger partial charge is 0.309 e. The molecule has 1 N–H and O–H groups in total. The third-order valence-electron chi connectivity index (χ3n) is 2.82. The Labute approximate surface area is 92.9 Å². The van der Waals surface area contributed by atoms with Gasteiger partial charge in [0.2, 0.25) is 0 Å². The molecule has 1 unspecified atom stereocenters. The van der Waals surface area contributed by atoms with Crippen LogP contribution in [0.2, 0.25) is 0 Å². The van der Waals surface area contributed by atoms with E-state index >= 15 is 0 Å². The average molecular weight is 209 g/mol. The van der Waals surface area contributed by atoms with E-state index < -0.39 is 0 Å². The first kappa shape index (κ1) is 12.2. The highest BCUT2D eigenvalue weighted by molar-refractivity contribution is 5.10. The highest BCUT2D eigenvalue weighted by Gasteiger charge is 2.06. The quantitative estimate of drug-likeness (QED) is 0.779. The standard InChI is InChI=1S/C12H23N3/c1-5-10(4)13-9-12-8-11(6-2)14-15(12)7-3/h8,10,13H,5-7,9H2,1-4H3. The third-order valence-corrected chi connectivity index (χ3v) is 2.82. The van der Waals surface area contributed by atoms with E-state index in [9.17, 15) is 0 Å². The van der Waals surface area contributed by atoms with Crippen molar-refractivity contribution in [1.29, 1.82) is 0 Å². The molecule has 0 spiro atoms. The van der Waals surface area contributed by atoms with Gasteiger partial charge in [0.15, 0.2) is 0 Å². The summed E-state index contributed by atoms with van der Waals surface area (Å²) in [7, 11) is 0. The second-order valence-electron chi connectivity index (χ2n) is 3.99. The molecule has 0 saturated carbocycles. The SMILES string of the molecule is CCc1cc(CNC(C)CC)n(CC)n1. The van der Waals surface area contributed by atoms with E-state index in [-0.39, 0.29) is 0 Å². The molecule has 0 bridgehead atoms. The maximum atomic E-state index is 4.53. The van der Waals surface area contributed by atoms with Gasteiger partial charge in [-0.25, -0.2) is 0 Å². The lowest BCUT2D eigenvalue weighted by molar-refractivity contribution is 0.506. The van der Waals surface area contributed by atoms with E-state index in [1.54, 1.807) is 0 Å². The number of aromatic nitrogens is 2. The Morgan fingerprint density at radius 1 is 1.40 bits per heavy atom. The molecule has 1 aromatic rings. The van der Waals surface area contributed by atoms with Gasteiger partial charge in [0.25, 0.3) is 0 Å². The molecule has 3 nitrogen and oxygen atoms in total. The van der Waals surface area contributed by atoms with Crippen molar-refractivity contribution in [2.45, 2.75) is 59.7 Å². The summed E-state index contributed by atoms with van der Waals surface area (Å²) in [6.07, 6.45) is 2.18. The Morgan fingerprint density at radius 2 is 2.13 bits per heavy atom. The summed E-state index contributed by atoms with van der Waals surface area (Å²) in [5.41, 5.74) is 2.49. The van der Waals surface area contributed by atoms with Gasteiger partial charge in [0.05, 0.1) is 11.4 Å². The van der Waals surface area contributed by atoms with Gasteiger partial charge in [-0.1, -0.05) is 13.8 Å². The van der Waals surface area contributed by atoms with Gasteiger partial charge >= 0.3 is 0 Å². The number of hydrogen-bond donors (Lipinski definition) is 1. The maximum Gasteiger partial charge on any atom is 0.0625 e. The molecule has 0 aromatic carbocycles. The van der Waals surface area contributed by atoms with Crippen LogP contribution in [0.15, 0.2) is 6.07 Å². The summed E-state index contributed by atoms with van der Waals surface area (Å²) in [5.74, 6) is 0. The van der Waals surface area contributed by atoms with Gasteiger partial charge in [0, 0.05) is 19.1 Å². The summed E-state index contributed by atoms with van der Waals surface area (Å²) < 4.78 is 2.09. The van der Waals surface area contributed by atoms with Crippen LogP contribution in [0.25, 0.3) is 0 Å². The van der Waals surface area contributed by atoms with E-state index in [1.165, 1.54) is 17.8 Å². The first-order chi connectivity index (χ1) is 7.21. The van der Waals surface area contributed by atoms with Crippen LogP contribution in [0.5, 0.6) is 0 Å². The van der Waals surface area contributed by atoms with Crippen LogP contribution in [-0.2, 0) is 19.5 Å². The Balaban J connectivity index is 2.62. The topological polar surface area (TPSA) is 29.9 Å². The number of rotatable bonds is 6. The minimum Gasteiger partial charge on any atom is -0.309 e. The lowest BCUT2D eigenvalue weighted by atomic mass is 10.2. The second-order valence-corrected chi connectivity index (χ2v) is 3.99. The van der Waals surface area contributed by atoms with Crippen LogP contribution in [0.1, 0.15) is 45.5 Å². The molecule has 0 aliphatic heterocycles. The van der Waals surface area contributed by atoms with E-state index in [0.29, 0.717) is 6.04 Å². The molecule has 0 aliphatic carbocycles. The maximum absolute atomic E-state index is 4.53. The highest BCUT2D eigenvalue weighted by Crippen LogP contribution is 2.06. The molecule has 15 heavy (non-hydrogen) atoms. The molecule has 0 radical (unpaired) electrons. The zero-order chi connectivity index (χ0) is 11.3. The van der Waals surface area contributed by atoms with Gasteiger partial charge in [-0.15, -0.1) is 0 Å². The molecule has 0 saturated heterocycles. The van der Waals surface area contributed by atoms with Gasteiger partial charge in [-0.3, -0.25) is 4.68 Å². The second kappa shape index (κ2) is 5.91. The Morgan fingerprint density at radius 3 is 2.67 bits per heavy atom. The van der Waals surface area contributed by atoms with Crippen molar-refractivity contribution >= 4 is 0 Å². The Bertz CT molecular complexity index is 291. The third kappa shape index (κ3) is 3.34. The molecule has 3 heteroatoms. The highest BCUT2D eigenvalue weighted by atomic mass is 15.3. The normalized spacial score (nSPS) is 13.1. The van der Waals surface area contributed by atoms with E-state index in [1.807, 2.05) is 0 Å². The average Bonchev–Trinajstić information content (AvgIpc) is 2.68. The molecule has 0 fully saturated rings. The number of nitrogens with zero attached hydrogens (tertiary/aromatic N) is 2. The smallest absolute Gasteiger partial charge is 0.0625 e. The van der Waals surface area contributed by atoms with Crippen molar-refractivity contribution in [1.82, 2.24) is 15.1 Å². The summed E-state index contributed by atoms with van der Waals surface area (Å²) in [5, 5.41) is 8.03. The monoisotopic (exact) mass is 209 g/mol. The fourth-order valence-corrected chi connectivity index (χ4v) is 1.53. The number of nitrogens with one attached hydrogen (secondary N) is 1. The van der Waals surface area contributed by atoms with E-state index in [4.69, 9.17) is 0 Å². The van der Waals surface area contributed by atoms with Crippen LogP contribution in [0.4, 0.5) is 0 Å². The van der Waals surface area contributed by atoms with Crippen molar-refractivity contribution in [3.8, 4) is 0 Å². The molecule has 1 rings (SSSR count). The molecule has 1 aromatic heterocycles. The summed E-state index contributed by atoms with van der Waals surface area (Å²) >= 11 is 0. The van der Waals surface area contributed by atoms with E-state index in [0.717, 1.165) is 19.5 Å². The first-order valence-electron chi connectivity index (χ1n) is 6.00. The lowest BCUT2D eigenvalue weighted by Crippen LogP contribution is -2.25. The number of hydrogen-bond acceptors (Lipinski definition) is 2. The van der Waals surface area contributed by atoms with Gasteiger partial charge in [-0.05, 0) is 32.8 Å². The molecule has 1 heterocycles. The fourth-order valence-electron chi connectivity index (χ4n) is 1.53. The molecule has 0 amide bonds. The van der Waals surface area contributed by atoms with Gasteiger partial charge in [0.1, 0.15) is 0 Å². The van der Waals surface area contributed by atoms with Crippen molar-refractivity contribution < 1.29 is 0 Å².